The molecule has 0 amide bonds. The molecular formula is C16H26FN3. The van der Waals surface area contributed by atoms with Crippen molar-refractivity contribution in [3.05, 3.63) is 23.6 Å². The van der Waals surface area contributed by atoms with Gasteiger partial charge >= 0.3 is 0 Å². The topological polar surface area (TPSA) is 28.2 Å². The van der Waals surface area contributed by atoms with Gasteiger partial charge in [0.05, 0.1) is 0 Å². The number of aromatic nitrogens is 1. The molecule has 2 heterocycles. The summed E-state index contributed by atoms with van der Waals surface area (Å²) >= 11 is 0. The minimum atomic E-state index is -0.148. The van der Waals surface area contributed by atoms with Gasteiger partial charge in [-0.3, -0.25) is 0 Å². The summed E-state index contributed by atoms with van der Waals surface area (Å²) in [6.07, 6.45) is 6.49. The summed E-state index contributed by atoms with van der Waals surface area (Å²) in [5.41, 5.74) is 0.722. The summed E-state index contributed by atoms with van der Waals surface area (Å²) in [6, 6.07) is 1.78. The Morgan fingerprint density at radius 2 is 1.95 bits per heavy atom. The molecule has 112 valence electrons. The third-order valence-electron chi connectivity index (χ3n) is 3.72. The van der Waals surface area contributed by atoms with Gasteiger partial charge < -0.3 is 10.2 Å². The van der Waals surface area contributed by atoms with E-state index in [1.807, 2.05) is 0 Å². The Hall–Kier alpha value is -1.16. The quantitative estimate of drug-likeness (QED) is 0.896. The van der Waals surface area contributed by atoms with Crippen molar-refractivity contribution in [3.8, 4) is 0 Å². The molecule has 4 heteroatoms. The van der Waals surface area contributed by atoms with Gasteiger partial charge in [0.1, 0.15) is 0 Å². The molecule has 1 aromatic rings. The fourth-order valence-corrected chi connectivity index (χ4v) is 2.61. The van der Waals surface area contributed by atoms with Crippen molar-refractivity contribution in [1.82, 2.24) is 10.3 Å². The van der Waals surface area contributed by atoms with Crippen molar-refractivity contribution in [2.75, 3.05) is 24.5 Å². The number of pyridine rings is 1. The highest BCUT2D eigenvalue weighted by Crippen LogP contribution is 2.22. The third-order valence-corrected chi connectivity index (χ3v) is 3.72. The van der Waals surface area contributed by atoms with Crippen LogP contribution in [-0.2, 0) is 6.54 Å². The second-order valence-corrected chi connectivity index (χ2v) is 6.03. The molecule has 0 saturated carbocycles. The Morgan fingerprint density at radius 3 is 2.60 bits per heavy atom. The van der Waals surface area contributed by atoms with E-state index in [1.54, 1.807) is 12.3 Å². The molecule has 1 saturated heterocycles. The van der Waals surface area contributed by atoms with Crippen molar-refractivity contribution in [3.63, 3.8) is 0 Å². The third kappa shape index (κ3) is 4.17. The molecule has 1 aliphatic heterocycles. The fraction of sp³-hybridized carbons (Fsp3) is 0.688. The van der Waals surface area contributed by atoms with Gasteiger partial charge in [-0.15, -0.1) is 0 Å². The minimum Gasteiger partial charge on any atom is -0.354 e. The van der Waals surface area contributed by atoms with Crippen molar-refractivity contribution in [2.45, 2.75) is 46.1 Å². The van der Waals surface area contributed by atoms with Gasteiger partial charge in [-0.05, 0) is 31.4 Å². The monoisotopic (exact) mass is 279 g/mol. The molecule has 1 fully saturated rings. The van der Waals surface area contributed by atoms with Crippen LogP contribution in [0.2, 0.25) is 0 Å². The molecule has 0 aliphatic carbocycles. The van der Waals surface area contributed by atoms with Gasteiger partial charge in [0.2, 0.25) is 0 Å². The minimum absolute atomic E-state index is 0.148. The predicted molar refractivity (Wildman–Crippen MR) is 81.4 cm³/mol. The molecule has 0 spiro atoms. The number of halogens is 1. The van der Waals surface area contributed by atoms with Crippen LogP contribution in [0.15, 0.2) is 12.3 Å². The first-order valence-electron chi connectivity index (χ1n) is 7.77. The maximum atomic E-state index is 14.6. The standard InChI is InChI=1S/C16H26FN3/c1-13(2)11-18-12-14-7-8-19-16(15(14)17)20-9-5-3-4-6-10-20/h7-8,13,18H,3-6,9-12H2,1-2H3. The second kappa shape index (κ2) is 7.58. The van der Waals surface area contributed by atoms with E-state index in [0.29, 0.717) is 18.3 Å². The maximum Gasteiger partial charge on any atom is 0.170 e. The van der Waals surface area contributed by atoms with Crippen LogP contribution in [0.4, 0.5) is 10.2 Å². The number of hydrogen-bond acceptors (Lipinski definition) is 3. The molecule has 3 nitrogen and oxygen atoms in total. The van der Waals surface area contributed by atoms with Gasteiger partial charge in [0, 0.05) is 31.4 Å². The van der Waals surface area contributed by atoms with Gasteiger partial charge in [-0.1, -0.05) is 26.7 Å². The molecule has 2 rings (SSSR count). The molecule has 0 aromatic carbocycles. The first-order chi connectivity index (χ1) is 9.68. The van der Waals surface area contributed by atoms with E-state index in [1.165, 1.54) is 12.8 Å². The molecule has 1 N–H and O–H groups in total. The average molecular weight is 279 g/mol. The largest absolute Gasteiger partial charge is 0.354 e. The fourth-order valence-electron chi connectivity index (χ4n) is 2.61. The first kappa shape index (κ1) is 15.2. The van der Waals surface area contributed by atoms with Crippen LogP contribution in [0.3, 0.4) is 0 Å². The molecule has 0 bridgehead atoms. The van der Waals surface area contributed by atoms with Crippen LogP contribution < -0.4 is 10.2 Å². The van der Waals surface area contributed by atoms with Crippen molar-refractivity contribution in [1.29, 1.82) is 0 Å². The van der Waals surface area contributed by atoms with E-state index in [2.05, 4.69) is 29.0 Å². The lowest BCUT2D eigenvalue weighted by molar-refractivity contribution is 0.531. The van der Waals surface area contributed by atoms with Crippen LogP contribution in [-0.4, -0.2) is 24.6 Å². The highest BCUT2D eigenvalue weighted by Gasteiger charge is 2.17. The summed E-state index contributed by atoms with van der Waals surface area (Å²) in [4.78, 5) is 6.38. The highest BCUT2D eigenvalue weighted by atomic mass is 19.1. The van der Waals surface area contributed by atoms with E-state index in [4.69, 9.17) is 0 Å². The molecule has 20 heavy (non-hydrogen) atoms. The maximum absolute atomic E-state index is 14.6. The van der Waals surface area contributed by atoms with Crippen LogP contribution in [0.5, 0.6) is 0 Å². The lowest BCUT2D eigenvalue weighted by atomic mass is 10.2. The van der Waals surface area contributed by atoms with Gasteiger partial charge in [0.25, 0.3) is 0 Å². The van der Waals surface area contributed by atoms with Gasteiger partial charge in [-0.25, -0.2) is 9.37 Å². The molecular weight excluding hydrogens is 253 g/mol. The Morgan fingerprint density at radius 1 is 1.25 bits per heavy atom. The predicted octanol–water partition coefficient (Wildman–Crippen LogP) is 3.35. The number of nitrogens with zero attached hydrogens (tertiary/aromatic N) is 2. The SMILES string of the molecule is CC(C)CNCc1ccnc(N2CCCCCC2)c1F. The molecule has 1 aromatic heterocycles. The van der Waals surface area contributed by atoms with Crippen molar-refractivity contribution in [2.24, 2.45) is 5.92 Å². The normalized spacial score (nSPS) is 16.5. The van der Waals surface area contributed by atoms with E-state index in [-0.39, 0.29) is 5.82 Å². The zero-order chi connectivity index (χ0) is 14.4. The number of nitrogens with one attached hydrogen (secondary N) is 1. The Balaban J connectivity index is 2.05. The van der Waals surface area contributed by atoms with Crippen LogP contribution in [0.25, 0.3) is 0 Å². The van der Waals surface area contributed by atoms with Crippen LogP contribution in [0, 0.1) is 11.7 Å². The van der Waals surface area contributed by atoms with E-state index in [9.17, 15) is 4.39 Å². The number of rotatable bonds is 5. The van der Waals surface area contributed by atoms with Crippen LogP contribution >= 0.6 is 0 Å². The average Bonchev–Trinajstić information content (AvgIpc) is 2.69. The molecule has 0 atom stereocenters. The number of anilines is 1. The lowest BCUT2D eigenvalue weighted by Crippen LogP contribution is -2.27. The lowest BCUT2D eigenvalue weighted by Gasteiger charge is -2.22. The smallest absolute Gasteiger partial charge is 0.170 e. The van der Waals surface area contributed by atoms with Gasteiger partial charge in [-0.2, -0.15) is 0 Å². The van der Waals surface area contributed by atoms with E-state index < -0.39 is 0 Å². The Kier molecular flexibility index (Phi) is 5.77. The Labute approximate surface area is 121 Å². The first-order valence-corrected chi connectivity index (χ1v) is 7.77. The summed E-state index contributed by atoms with van der Waals surface area (Å²) < 4.78 is 14.6. The van der Waals surface area contributed by atoms with Crippen LogP contribution in [0.1, 0.15) is 45.1 Å². The van der Waals surface area contributed by atoms with E-state index in [0.717, 1.165) is 38.0 Å². The highest BCUT2D eigenvalue weighted by molar-refractivity contribution is 5.43. The molecule has 0 radical (unpaired) electrons. The second-order valence-electron chi connectivity index (χ2n) is 6.03. The summed E-state index contributed by atoms with van der Waals surface area (Å²) in [5, 5.41) is 3.30. The van der Waals surface area contributed by atoms with Crippen molar-refractivity contribution >= 4 is 5.82 Å². The zero-order valence-electron chi connectivity index (χ0n) is 12.7. The summed E-state index contributed by atoms with van der Waals surface area (Å²) in [6.45, 7) is 7.63. The summed E-state index contributed by atoms with van der Waals surface area (Å²) in [7, 11) is 0. The molecule has 0 unspecified atom stereocenters. The Bertz CT molecular complexity index is 412. The van der Waals surface area contributed by atoms with Gasteiger partial charge in [0.15, 0.2) is 11.6 Å². The number of hydrogen-bond donors (Lipinski definition) is 1. The van der Waals surface area contributed by atoms with E-state index >= 15 is 0 Å². The van der Waals surface area contributed by atoms with Crippen molar-refractivity contribution < 1.29 is 4.39 Å². The summed E-state index contributed by atoms with van der Waals surface area (Å²) in [5.74, 6) is 0.964. The molecule has 1 aliphatic rings. The zero-order valence-corrected chi connectivity index (χ0v) is 12.7.